The first kappa shape index (κ1) is 17.0. The lowest BCUT2D eigenvalue weighted by atomic mass is 10.1. The van der Waals surface area contributed by atoms with Gasteiger partial charge in [0.2, 0.25) is 0 Å². The minimum absolute atomic E-state index is 0.117. The fourth-order valence-corrected chi connectivity index (χ4v) is 2.63. The van der Waals surface area contributed by atoms with E-state index in [0.717, 1.165) is 17.0 Å². The summed E-state index contributed by atoms with van der Waals surface area (Å²) in [7, 11) is 0. The Bertz CT molecular complexity index is 848. The van der Waals surface area contributed by atoms with Crippen molar-refractivity contribution in [2.75, 3.05) is 0 Å². The van der Waals surface area contributed by atoms with Gasteiger partial charge in [-0.05, 0) is 37.6 Å². The standard InChI is InChI=1S/C19H22N4O2/c1-12(2)18-9-17(14(4)25-18)19(24)22-13(3)15-5-7-16(8-6-15)23-11-20-10-21-23/h5-13H,1-4H3,(H,22,24). The van der Waals surface area contributed by atoms with Crippen LogP contribution < -0.4 is 5.32 Å². The summed E-state index contributed by atoms with van der Waals surface area (Å²) in [5.41, 5.74) is 2.53. The summed E-state index contributed by atoms with van der Waals surface area (Å²) < 4.78 is 7.35. The van der Waals surface area contributed by atoms with Crippen LogP contribution in [0.25, 0.3) is 5.69 Å². The SMILES string of the molecule is Cc1oc(C(C)C)cc1C(=O)NC(C)c1ccc(-n2cncn2)cc1. The van der Waals surface area contributed by atoms with Crippen LogP contribution in [0.1, 0.15) is 60.2 Å². The Morgan fingerprint density at radius 1 is 1.20 bits per heavy atom. The van der Waals surface area contributed by atoms with Gasteiger partial charge in [0.05, 0.1) is 17.3 Å². The van der Waals surface area contributed by atoms with Gasteiger partial charge in [0, 0.05) is 5.92 Å². The van der Waals surface area contributed by atoms with Crippen molar-refractivity contribution in [3.05, 3.63) is 65.6 Å². The number of amides is 1. The van der Waals surface area contributed by atoms with Gasteiger partial charge in [-0.1, -0.05) is 26.0 Å². The maximum Gasteiger partial charge on any atom is 0.255 e. The zero-order chi connectivity index (χ0) is 18.0. The van der Waals surface area contributed by atoms with Crippen LogP contribution in [0, 0.1) is 6.92 Å². The zero-order valence-electron chi connectivity index (χ0n) is 14.9. The predicted octanol–water partition coefficient (Wildman–Crippen LogP) is 3.78. The number of hydrogen-bond donors (Lipinski definition) is 1. The van der Waals surface area contributed by atoms with E-state index in [4.69, 9.17) is 4.42 Å². The fourth-order valence-electron chi connectivity index (χ4n) is 2.63. The van der Waals surface area contributed by atoms with Gasteiger partial charge < -0.3 is 9.73 Å². The van der Waals surface area contributed by atoms with E-state index < -0.39 is 0 Å². The van der Waals surface area contributed by atoms with E-state index in [1.165, 1.54) is 6.33 Å². The summed E-state index contributed by atoms with van der Waals surface area (Å²) in [6.45, 7) is 7.86. The average molecular weight is 338 g/mol. The lowest BCUT2D eigenvalue weighted by molar-refractivity contribution is 0.0938. The third kappa shape index (κ3) is 3.63. The molecule has 1 N–H and O–H groups in total. The number of nitrogens with zero attached hydrogens (tertiary/aromatic N) is 3. The molecule has 0 saturated carbocycles. The van der Waals surface area contributed by atoms with Crippen LogP contribution in [0.3, 0.4) is 0 Å². The molecule has 3 aromatic rings. The highest BCUT2D eigenvalue weighted by molar-refractivity contribution is 5.95. The number of aromatic nitrogens is 3. The van der Waals surface area contributed by atoms with E-state index in [1.807, 2.05) is 58.0 Å². The second-order valence-corrected chi connectivity index (χ2v) is 6.40. The minimum Gasteiger partial charge on any atom is -0.465 e. The third-order valence-corrected chi connectivity index (χ3v) is 4.17. The van der Waals surface area contributed by atoms with Crippen molar-refractivity contribution >= 4 is 5.91 Å². The summed E-state index contributed by atoms with van der Waals surface area (Å²) in [6.07, 6.45) is 3.14. The van der Waals surface area contributed by atoms with Crippen LogP contribution in [0.2, 0.25) is 0 Å². The van der Waals surface area contributed by atoms with Gasteiger partial charge in [0.1, 0.15) is 24.2 Å². The number of furan rings is 1. The topological polar surface area (TPSA) is 73.0 Å². The molecule has 1 atom stereocenters. The van der Waals surface area contributed by atoms with Crippen molar-refractivity contribution in [2.45, 2.75) is 39.7 Å². The highest BCUT2D eigenvalue weighted by Gasteiger charge is 2.18. The summed E-state index contributed by atoms with van der Waals surface area (Å²) in [4.78, 5) is 16.5. The van der Waals surface area contributed by atoms with Crippen LogP contribution in [0.4, 0.5) is 0 Å². The molecule has 1 amide bonds. The lowest BCUT2D eigenvalue weighted by Crippen LogP contribution is -2.26. The van der Waals surface area contributed by atoms with E-state index in [2.05, 4.69) is 15.4 Å². The summed E-state index contributed by atoms with van der Waals surface area (Å²) in [5.74, 6) is 1.60. The summed E-state index contributed by atoms with van der Waals surface area (Å²) in [6, 6.07) is 9.57. The van der Waals surface area contributed by atoms with Crippen molar-refractivity contribution < 1.29 is 9.21 Å². The van der Waals surface area contributed by atoms with Gasteiger partial charge in [0.25, 0.3) is 5.91 Å². The largest absolute Gasteiger partial charge is 0.465 e. The number of rotatable bonds is 5. The van der Waals surface area contributed by atoms with Crippen molar-refractivity contribution in [3.8, 4) is 5.69 Å². The average Bonchev–Trinajstić information content (AvgIpc) is 3.24. The maximum atomic E-state index is 12.5. The molecule has 3 rings (SSSR count). The molecule has 1 aromatic carbocycles. The van der Waals surface area contributed by atoms with E-state index in [-0.39, 0.29) is 17.9 Å². The Kier molecular flexibility index (Phi) is 4.70. The van der Waals surface area contributed by atoms with Crippen LogP contribution in [0.5, 0.6) is 0 Å². The van der Waals surface area contributed by atoms with Gasteiger partial charge in [-0.25, -0.2) is 9.67 Å². The zero-order valence-corrected chi connectivity index (χ0v) is 14.9. The quantitative estimate of drug-likeness (QED) is 0.768. The molecule has 0 aliphatic carbocycles. The molecular weight excluding hydrogens is 316 g/mol. The number of benzene rings is 1. The summed E-state index contributed by atoms with van der Waals surface area (Å²) in [5, 5.41) is 7.13. The first-order valence-electron chi connectivity index (χ1n) is 8.32. The molecule has 0 fully saturated rings. The normalized spacial score (nSPS) is 12.4. The monoisotopic (exact) mass is 338 g/mol. The molecule has 6 nitrogen and oxygen atoms in total. The van der Waals surface area contributed by atoms with Gasteiger partial charge in [-0.15, -0.1) is 0 Å². The van der Waals surface area contributed by atoms with Gasteiger partial charge >= 0.3 is 0 Å². The lowest BCUT2D eigenvalue weighted by Gasteiger charge is -2.14. The molecular formula is C19H22N4O2. The number of hydrogen-bond acceptors (Lipinski definition) is 4. The van der Waals surface area contributed by atoms with Crippen molar-refractivity contribution in [1.82, 2.24) is 20.1 Å². The van der Waals surface area contributed by atoms with Gasteiger partial charge in [0.15, 0.2) is 0 Å². The van der Waals surface area contributed by atoms with Gasteiger partial charge in [-0.3, -0.25) is 4.79 Å². The van der Waals surface area contributed by atoms with Crippen molar-refractivity contribution in [1.29, 1.82) is 0 Å². The van der Waals surface area contributed by atoms with Gasteiger partial charge in [-0.2, -0.15) is 5.10 Å². The number of aryl methyl sites for hydroxylation is 1. The van der Waals surface area contributed by atoms with Crippen molar-refractivity contribution in [2.24, 2.45) is 0 Å². The molecule has 0 saturated heterocycles. The first-order valence-corrected chi connectivity index (χ1v) is 8.32. The van der Waals surface area contributed by atoms with Crippen molar-refractivity contribution in [3.63, 3.8) is 0 Å². The van der Waals surface area contributed by atoms with Crippen LogP contribution in [-0.4, -0.2) is 20.7 Å². The Labute approximate surface area is 146 Å². The number of carbonyl (C=O) groups excluding carboxylic acids is 1. The Hall–Kier alpha value is -2.89. The molecule has 0 spiro atoms. The maximum absolute atomic E-state index is 12.5. The third-order valence-electron chi connectivity index (χ3n) is 4.17. The van der Waals surface area contributed by atoms with E-state index in [1.54, 1.807) is 11.0 Å². The second kappa shape index (κ2) is 6.93. The molecule has 1 unspecified atom stereocenters. The molecule has 0 aliphatic rings. The molecule has 25 heavy (non-hydrogen) atoms. The Morgan fingerprint density at radius 3 is 2.48 bits per heavy atom. The number of nitrogens with one attached hydrogen (secondary N) is 1. The Balaban J connectivity index is 1.71. The molecule has 0 bridgehead atoms. The van der Waals surface area contributed by atoms with Crippen LogP contribution >= 0.6 is 0 Å². The highest BCUT2D eigenvalue weighted by Crippen LogP contribution is 2.23. The van der Waals surface area contributed by atoms with E-state index >= 15 is 0 Å². The van der Waals surface area contributed by atoms with Crippen LogP contribution in [0.15, 0.2) is 47.4 Å². The fraction of sp³-hybridized carbons (Fsp3) is 0.316. The Morgan fingerprint density at radius 2 is 1.92 bits per heavy atom. The minimum atomic E-state index is -0.124. The number of carbonyl (C=O) groups is 1. The smallest absolute Gasteiger partial charge is 0.255 e. The predicted molar refractivity (Wildman–Crippen MR) is 94.8 cm³/mol. The molecule has 0 aliphatic heterocycles. The first-order chi connectivity index (χ1) is 12.0. The van der Waals surface area contributed by atoms with E-state index in [0.29, 0.717) is 11.3 Å². The second-order valence-electron chi connectivity index (χ2n) is 6.40. The molecule has 2 heterocycles. The molecule has 130 valence electrons. The van der Waals surface area contributed by atoms with Crippen LogP contribution in [-0.2, 0) is 0 Å². The molecule has 0 radical (unpaired) electrons. The summed E-state index contributed by atoms with van der Waals surface area (Å²) >= 11 is 0. The van der Waals surface area contributed by atoms with E-state index in [9.17, 15) is 4.79 Å². The highest BCUT2D eigenvalue weighted by atomic mass is 16.3. The molecule has 2 aromatic heterocycles. The molecule has 6 heteroatoms.